The minimum atomic E-state index is -0.263. The fourth-order valence-electron chi connectivity index (χ4n) is 1.70. The summed E-state index contributed by atoms with van der Waals surface area (Å²) in [5, 5.41) is 1.02. The van der Waals surface area contributed by atoms with Gasteiger partial charge in [-0.1, -0.05) is 30.3 Å². The first-order valence-electron chi connectivity index (χ1n) is 5.35. The molecule has 17 heavy (non-hydrogen) atoms. The van der Waals surface area contributed by atoms with Crippen LogP contribution in [0.4, 0.5) is 0 Å². The third kappa shape index (κ3) is 2.17. The molecule has 0 saturated heterocycles. The zero-order chi connectivity index (χ0) is 12.4. The van der Waals surface area contributed by atoms with Crippen molar-refractivity contribution in [2.75, 3.05) is 0 Å². The van der Waals surface area contributed by atoms with Crippen LogP contribution in [0.15, 0.2) is 30.3 Å². The fourth-order valence-corrected chi connectivity index (χ4v) is 1.91. The minimum Gasteiger partial charge on any atom is -0.477 e. The number of pyridine rings is 1. The number of hydrogen-bond acceptors (Lipinski definition) is 2. The SMILES string of the molecule is C#CC(C)Oc1cc(=S)n(C)c2ccccc12. The van der Waals surface area contributed by atoms with E-state index in [0.717, 1.165) is 21.3 Å². The van der Waals surface area contributed by atoms with E-state index < -0.39 is 0 Å². The van der Waals surface area contributed by atoms with Crippen LogP contribution in [-0.4, -0.2) is 10.7 Å². The Labute approximate surface area is 106 Å². The molecule has 1 unspecified atom stereocenters. The molecule has 1 aromatic heterocycles. The lowest BCUT2D eigenvalue weighted by Gasteiger charge is -2.14. The standard InChI is InChI=1S/C14H13NOS/c1-4-10(2)16-13-9-14(17)15(3)12-8-6-5-7-11(12)13/h1,5-10H,2-3H3. The lowest BCUT2D eigenvalue weighted by molar-refractivity contribution is 0.282. The molecule has 0 aliphatic carbocycles. The number of hydrogen-bond donors (Lipinski definition) is 0. The molecule has 0 saturated carbocycles. The van der Waals surface area contributed by atoms with Crippen LogP contribution >= 0.6 is 12.2 Å². The summed E-state index contributed by atoms with van der Waals surface area (Å²) < 4.78 is 8.38. The van der Waals surface area contributed by atoms with Crippen LogP contribution in [-0.2, 0) is 7.05 Å². The Bertz CT molecular complexity index is 651. The maximum atomic E-state index is 5.70. The topological polar surface area (TPSA) is 14.2 Å². The number of ether oxygens (including phenoxy) is 1. The van der Waals surface area contributed by atoms with E-state index in [1.165, 1.54) is 0 Å². The Morgan fingerprint density at radius 2 is 2.12 bits per heavy atom. The molecule has 0 amide bonds. The van der Waals surface area contributed by atoms with Crippen molar-refractivity contribution in [3.05, 3.63) is 35.0 Å². The van der Waals surface area contributed by atoms with Gasteiger partial charge in [-0.05, 0) is 19.1 Å². The van der Waals surface area contributed by atoms with E-state index in [2.05, 4.69) is 5.92 Å². The van der Waals surface area contributed by atoms with Gasteiger partial charge in [0.25, 0.3) is 0 Å². The van der Waals surface area contributed by atoms with Gasteiger partial charge >= 0.3 is 0 Å². The molecule has 0 radical (unpaired) electrons. The van der Waals surface area contributed by atoms with Gasteiger partial charge in [-0.25, -0.2) is 0 Å². The molecule has 2 nitrogen and oxygen atoms in total. The normalized spacial score (nSPS) is 12.1. The molecule has 0 bridgehead atoms. The summed E-state index contributed by atoms with van der Waals surface area (Å²) in [5.41, 5.74) is 1.04. The Kier molecular flexibility index (Phi) is 3.16. The van der Waals surface area contributed by atoms with Crippen molar-refractivity contribution in [1.82, 2.24) is 4.57 Å². The van der Waals surface area contributed by atoms with Gasteiger partial charge in [0.05, 0.1) is 5.52 Å². The van der Waals surface area contributed by atoms with Gasteiger partial charge in [-0.15, -0.1) is 6.42 Å². The third-order valence-electron chi connectivity index (χ3n) is 2.65. The molecule has 2 rings (SSSR count). The summed E-state index contributed by atoms with van der Waals surface area (Å²) in [6, 6.07) is 9.80. The van der Waals surface area contributed by atoms with Gasteiger partial charge < -0.3 is 9.30 Å². The Hall–Kier alpha value is -1.79. The number of benzene rings is 1. The third-order valence-corrected chi connectivity index (χ3v) is 3.05. The highest BCUT2D eigenvalue weighted by atomic mass is 32.1. The molecule has 0 spiro atoms. The largest absolute Gasteiger partial charge is 0.477 e. The quantitative estimate of drug-likeness (QED) is 0.593. The maximum absolute atomic E-state index is 5.70. The lowest BCUT2D eigenvalue weighted by atomic mass is 10.2. The summed E-state index contributed by atoms with van der Waals surface area (Å²) in [5.74, 6) is 3.29. The Balaban J connectivity index is 2.68. The zero-order valence-corrected chi connectivity index (χ0v) is 10.6. The van der Waals surface area contributed by atoms with Gasteiger partial charge in [0.2, 0.25) is 0 Å². The molecular formula is C14H13NOS. The predicted molar refractivity (Wildman–Crippen MR) is 72.7 cm³/mol. The van der Waals surface area contributed by atoms with Crippen LogP contribution in [0.3, 0.4) is 0 Å². The maximum Gasteiger partial charge on any atom is 0.156 e. The van der Waals surface area contributed by atoms with Gasteiger partial charge in [0.1, 0.15) is 10.4 Å². The van der Waals surface area contributed by atoms with E-state index in [1.54, 1.807) is 0 Å². The van der Waals surface area contributed by atoms with E-state index in [1.807, 2.05) is 48.9 Å². The summed E-state index contributed by atoms with van der Waals surface area (Å²) in [4.78, 5) is 0. The lowest BCUT2D eigenvalue weighted by Crippen LogP contribution is -2.09. The smallest absolute Gasteiger partial charge is 0.156 e. The molecular weight excluding hydrogens is 230 g/mol. The molecule has 1 heterocycles. The molecule has 0 aliphatic heterocycles. The van der Waals surface area contributed by atoms with Gasteiger partial charge in [-0.3, -0.25) is 0 Å². The van der Waals surface area contributed by atoms with Crippen molar-refractivity contribution in [2.45, 2.75) is 13.0 Å². The highest BCUT2D eigenvalue weighted by Gasteiger charge is 2.07. The first-order chi connectivity index (χ1) is 8.13. The van der Waals surface area contributed by atoms with Gasteiger partial charge in [-0.2, -0.15) is 0 Å². The molecule has 1 atom stereocenters. The van der Waals surface area contributed by atoms with Crippen LogP contribution in [0.5, 0.6) is 5.75 Å². The first-order valence-corrected chi connectivity index (χ1v) is 5.76. The zero-order valence-electron chi connectivity index (χ0n) is 9.81. The number of terminal acetylenes is 1. The average molecular weight is 243 g/mol. The summed E-state index contributed by atoms with van der Waals surface area (Å²) in [6.07, 6.45) is 5.06. The number of rotatable bonds is 2. The number of para-hydroxylation sites is 1. The molecule has 86 valence electrons. The average Bonchev–Trinajstić information content (AvgIpc) is 2.35. The summed E-state index contributed by atoms with van der Waals surface area (Å²) in [6.45, 7) is 1.84. The second-order valence-corrected chi connectivity index (χ2v) is 4.27. The molecule has 0 aliphatic rings. The number of aromatic nitrogens is 1. The van der Waals surface area contributed by atoms with Crippen LogP contribution in [0.25, 0.3) is 10.9 Å². The number of nitrogens with zero attached hydrogens (tertiary/aromatic N) is 1. The van der Waals surface area contributed by atoms with Crippen molar-refractivity contribution in [1.29, 1.82) is 0 Å². The highest BCUT2D eigenvalue weighted by molar-refractivity contribution is 7.71. The molecule has 0 N–H and O–H groups in total. The van der Waals surface area contributed by atoms with Crippen LogP contribution < -0.4 is 4.74 Å². The van der Waals surface area contributed by atoms with Crippen molar-refractivity contribution in [3.8, 4) is 18.1 Å². The van der Waals surface area contributed by atoms with Crippen molar-refractivity contribution in [2.24, 2.45) is 7.05 Å². The monoisotopic (exact) mass is 243 g/mol. The second-order valence-electron chi connectivity index (χ2n) is 3.85. The van der Waals surface area contributed by atoms with Crippen molar-refractivity contribution < 1.29 is 4.74 Å². The van der Waals surface area contributed by atoms with E-state index in [9.17, 15) is 0 Å². The van der Waals surface area contributed by atoms with Gasteiger partial charge in [0.15, 0.2) is 6.10 Å². The molecule has 3 heteroatoms. The summed E-state index contributed by atoms with van der Waals surface area (Å²) in [7, 11) is 1.94. The van der Waals surface area contributed by atoms with Gasteiger partial charge in [0, 0.05) is 18.5 Å². The second kappa shape index (κ2) is 4.60. The summed E-state index contributed by atoms with van der Waals surface area (Å²) >= 11 is 5.29. The predicted octanol–water partition coefficient (Wildman–Crippen LogP) is 3.31. The highest BCUT2D eigenvalue weighted by Crippen LogP contribution is 2.26. The van der Waals surface area contributed by atoms with E-state index in [0.29, 0.717) is 0 Å². The van der Waals surface area contributed by atoms with E-state index in [4.69, 9.17) is 23.4 Å². The Morgan fingerprint density at radius 1 is 1.41 bits per heavy atom. The number of fused-ring (bicyclic) bond motifs is 1. The Morgan fingerprint density at radius 3 is 2.82 bits per heavy atom. The van der Waals surface area contributed by atoms with Crippen molar-refractivity contribution in [3.63, 3.8) is 0 Å². The van der Waals surface area contributed by atoms with Crippen molar-refractivity contribution >= 4 is 23.1 Å². The number of aryl methyl sites for hydroxylation is 1. The van der Waals surface area contributed by atoms with Crippen LogP contribution in [0, 0.1) is 17.0 Å². The van der Waals surface area contributed by atoms with Crippen LogP contribution in [0.2, 0.25) is 0 Å². The minimum absolute atomic E-state index is 0.263. The molecule has 0 fully saturated rings. The fraction of sp³-hybridized carbons (Fsp3) is 0.214. The van der Waals surface area contributed by atoms with Crippen LogP contribution in [0.1, 0.15) is 6.92 Å². The van der Waals surface area contributed by atoms with E-state index >= 15 is 0 Å². The van der Waals surface area contributed by atoms with E-state index in [-0.39, 0.29) is 6.10 Å². The molecule has 1 aromatic carbocycles. The molecule has 2 aromatic rings. The first kappa shape index (κ1) is 11.7.